The van der Waals surface area contributed by atoms with E-state index in [9.17, 15) is 9.90 Å². The van der Waals surface area contributed by atoms with E-state index in [4.69, 9.17) is 9.84 Å². The van der Waals surface area contributed by atoms with Crippen LogP contribution in [0.3, 0.4) is 0 Å². The minimum absolute atomic E-state index is 0.231. The molecule has 0 aliphatic carbocycles. The fraction of sp³-hybridized carbons (Fsp3) is 0.222. The molecule has 5 heteroatoms. The molecule has 0 aliphatic rings. The average Bonchev–Trinajstić information content (AvgIpc) is 2.16. The Bertz CT molecular complexity index is 351. The van der Waals surface area contributed by atoms with E-state index >= 15 is 0 Å². The zero-order valence-electron chi connectivity index (χ0n) is 7.40. The summed E-state index contributed by atoms with van der Waals surface area (Å²) >= 11 is 3.18. The molecule has 14 heavy (non-hydrogen) atoms. The fourth-order valence-electron chi connectivity index (χ4n) is 1.05. The van der Waals surface area contributed by atoms with Crippen LogP contribution >= 0.6 is 15.9 Å². The van der Waals surface area contributed by atoms with Crippen molar-refractivity contribution in [3.8, 4) is 5.75 Å². The monoisotopic (exact) mass is 260 g/mol. The van der Waals surface area contributed by atoms with E-state index in [-0.39, 0.29) is 5.56 Å². The summed E-state index contributed by atoms with van der Waals surface area (Å²) in [5, 5.41) is 18.0. The number of hydrogen-bond donors (Lipinski definition) is 2. The summed E-state index contributed by atoms with van der Waals surface area (Å²) < 4.78 is 5.62. The lowest BCUT2D eigenvalue weighted by Gasteiger charge is -2.11. The van der Waals surface area contributed by atoms with E-state index in [0.29, 0.717) is 10.2 Å². The molecule has 2 N–H and O–H groups in total. The van der Waals surface area contributed by atoms with Crippen LogP contribution < -0.4 is 4.74 Å². The van der Waals surface area contributed by atoms with Gasteiger partial charge in [-0.25, -0.2) is 4.79 Å². The van der Waals surface area contributed by atoms with Gasteiger partial charge in [-0.2, -0.15) is 0 Å². The number of carboxylic acid groups (broad SMARTS) is 1. The van der Waals surface area contributed by atoms with Gasteiger partial charge in [-0.3, -0.25) is 0 Å². The average molecular weight is 261 g/mol. The third-order valence-corrected chi connectivity index (χ3v) is 2.21. The molecule has 0 aliphatic heterocycles. The van der Waals surface area contributed by atoms with E-state index in [1.807, 2.05) is 0 Å². The first-order chi connectivity index (χ1) is 6.56. The molecule has 0 radical (unpaired) electrons. The van der Waals surface area contributed by atoms with Crippen LogP contribution in [-0.2, 0) is 4.79 Å². The normalized spacial score (nSPS) is 12.2. The van der Waals surface area contributed by atoms with E-state index < -0.39 is 12.1 Å². The third kappa shape index (κ3) is 2.24. The molecule has 0 saturated heterocycles. The molecule has 1 aromatic rings. The van der Waals surface area contributed by atoms with Crippen LogP contribution in [-0.4, -0.2) is 23.3 Å². The van der Waals surface area contributed by atoms with Gasteiger partial charge in [-0.15, -0.1) is 0 Å². The van der Waals surface area contributed by atoms with Crippen molar-refractivity contribution < 1.29 is 19.7 Å². The van der Waals surface area contributed by atoms with E-state index in [1.165, 1.54) is 13.2 Å². The highest BCUT2D eigenvalue weighted by Crippen LogP contribution is 2.28. The molecular weight excluding hydrogens is 252 g/mol. The Morgan fingerprint density at radius 3 is 2.71 bits per heavy atom. The first kappa shape index (κ1) is 11.0. The summed E-state index contributed by atoms with van der Waals surface area (Å²) in [6.07, 6.45) is -1.57. The standard InChI is InChI=1S/C9H9BrO4/c1-14-7-3-2-5(10)4-6(7)8(11)9(12)13/h2-4,8,11H,1H3,(H,12,13)/t8-/m1/s1. The van der Waals surface area contributed by atoms with Gasteiger partial charge in [0.2, 0.25) is 0 Å². The second-order valence-corrected chi connectivity index (χ2v) is 3.54. The minimum Gasteiger partial charge on any atom is -0.496 e. The molecular formula is C9H9BrO4. The Kier molecular flexibility index (Phi) is 3.49. The van der Waals surface area contributed by atoms with Gasteiger partial charge in [-0.1, -0.05) is 15.9 Å². The SMILES string of the molecule is COc1ccc(Br)cc1[C@@H](O)C(=O)O. The van der Waals surface area contributed by atoms with E-state index in [1.54, 1.807) is 12.1 Å². The highest BCUT2D eigenvalue weighted by Gasteiger charge is 2.20. The van der Waals surface area contributed by atoms with Crippen molar-refractivity contribution in [2.75, 3.05) is 7.11 Å². The fourth-order valence-corrected chi connectivity index (χ4v) is 1.43. The van der Waals surface area contributed by atoms with Crippen LogP contribution in [0.5, 0.6) is 5.75 Å². The van der Waals surface area contributed by atoms with Gasteiger partial charge >= 0.3 is 5.97 Å². The number of carboxylic acids is 1. The molecule has 0 fully saturated rings. The molecule has 76 valence electrons. The van der Waals surface area contributed by atoms with Crippen LogP contribution in [0, 0.1) is 0 Å². The van der Waals surface area contributed by atoms with Gasteiger partial charge in [0.1, 0.15) is 5.75 Å². The third-order valence-electron chi connectivity index (χ3n) is 1.72. The number of aliphatic carboxylic acids is 1. The second kappa shape index (κ2) is 4.43. The number of ether oxygens (including phenoxy) is 1. The number of hydrogen-bond acceptors (Lipinski definition) is 3. The van der Waals surface area contributed by atoms with Crippen molar-refractivity contribution in [1.29, 1.82) is 0 Å². The van der Waals surface area contributed by atoms with Crippen LogP contribution in [0.2, 0.25) is 0 Å². The number of benzene rings is 1. The highest BCUT2D eigenvalue weighted by molar-refractivity contribution is 9.10. The Balaban J connectivity index is 3.16. The van der Waals surface area contributed by atoms with Crippen LogP contribution in [0.1, 0.15) is 11.7 Å². The summed E-state index contributed by atoms with van der Waals surface area (Å²) in [5.74, 6) is -0.954. The maximum absolute atomic E-state index is 10.6. The largest absolute Gasteiger partial charge is 0.496 e. The van der Waals surface area contributed by atoms with Crippen molar-refractivity contribution in [3.05, 3.63) is 28.2 Å². The first-order valence-electron chi connectivity index (χ1n) is 3.80. The highest BCUT2D eigenvalue weighted by atomic mass is 79.9. The maximum atomic E-state index is 10.6. The van der Waals surface area contributed by atoms with Crippen molar-refractivity contribution >= 4 is 21.9 Å². The van der Waals surface area contributed by atoms with Crippen LogP contribution in [0.4, 0.5) is 0 Å². The molecule has 0 heterocycles. The van der Waals surface area contributed by atoms with Crippen molar-refractivity contribution in [2.24, 2.45) is 0 Å². The lowest BCUT2D eigenvalue weighted by Crippen LogP contribution is -2.11. The topological polar surface area (TPSA) is 66.8 Å². The van der Waals surface area contributed by atoms with Gasteiger partial charge < -0.3 is 14.9 Å². The molecule has 4 nitrogen and oxygen atoms in total. The Hall–Kier alpha value is -1.07. The van der Waals surface area contributed by atoms with E-state index in [2.05, 4.69) is 15.9 Å². The summed E-state index contributed by atoms with van der Waals surface area (Å²) in [7, 11) is 1.42. The summed E-state index contributed by atoms with van der Waals surface area (Å²) in [6, 6.07) is 4.81. The number of aliphatic hydroxyl groups excluding tert-OH is 1. The van der Waals surface area contributed by atoms with E-state index in [0.717, 1.165) is 0 Å². The second-order valence-electron chi connectivity index (χ2n) is 2.63. The van der Waals surface area contributed by atoms with Gasteiger partial charge in [-0.05, 0) is 18.2 Å². The Morgan fingerprint density at radius 2 is 2.21 bits per heavy atom. The Labute approximate surface area is 89.3 Å². The van der Waals surface area contributed by atoms with Gasteiger partial charge in [0.25, 0.3) is 0 Å². The van der Waals surface area contributed by atoms with Crippen LogP contribution in [0.15, 0.2) is 22.7 Å². The van der Waals surface area contributed by atoms with Gasteiger partial charge in [0.05, 0.1) is 7.11 Å². The molecule has 0 spiro atoms. The van der Waals surface area contributed by atoms with Crippen molar-refractivity contribution in [1.82, 2.24) is 0 Å². The molecule has 0 aromatic heterocycles. The number of methoxy groups -OCH3 is 1. The molecule has 1 rings (SSSR count). The zero-order chi connectivity index (χ0) is 10.7. The number of carbonyl (C=O) groups is 1. The number of rotatable bonds is 3. The summed E-state index contributed by atoms with van der Waals surface area (Å²) in [5.41, 5.74) is 0.231. The lowest BCUT2D eigenvalue weighted by atomic mass is 10.1. The number of halogens is 1. The quantitative estimate of drug-likeness (QED) is 0.866. The summed E-state index contributed by atoms with van der Waals surface area (Å²) in [6.45, 7) is 0. The lowest BCUT2D eigenvalue weighted by molar-refractivity contribution is -0.147. The molecule has 1 aromatic carbocycles. The van der Waals surface area contributed by atoms with Crippen LogP contribution in [0.25, 0.3) is 0 Å². The van der Waals surface area contributed by atoms with Gasteiger partial charge in [0.15, 0.2) is 6.10 Å². The first-order valence-corrected chi connectivity index (χ1v) is 4.60. The predicted molar refractivity (Wildman–Crippen MR) is 53.3 cm³/mol. The molecule has 0 unspecified atom stereocenters. The molecule has 0 saturated carbocycles. The molecule has 0 bridgehead atoms. The molecule has 1 atom stereocenters. The van der Waals surface area contributed by atoms with Gasteiger partial charge in [0, 0.05) is 10.0 Å². The summed E-state index contributed by atoms with van der Waals surface area (Å²) in [4.78, 5) is 10.6. The van der Waals surface area contributed by atoms with Crippen molar-refractivity contribution in [2.45, 2.75) is 6.10 Å². The zero-order valence-corrected chi connectivity index (χ0v) is 8.98. The molecule has 0 amide bonds. The Morgan fingerprint density at radius 1 is 1.57 bits per heavy atom. The number of aliphatic hydroxyl groups is 1. The predicted octanol–water partition coefficient (Wildman–Crippen LogP) is 1.58. The maximum Gasteiger partial charge on any atom is 0.337 e. The smallest absolute Gasteiger partial charge is 0.337 e. The van der Waals surface area contributed by atoms with Crippen molar-refractivity contribution in [3.63, 3.8) is 0 Å². The minimum atomic E-state index is -1.57.